The van der Waals surface area contributed by atoms with Crippen molar-refractivity contribution in [2.24, 2.45) is 7.05 Å². The van der Waals surface area contributed by atoms with Gasteiger partial charge in [-0.15, -0.1) is 0 Å². The van der Waals surface area contributed by atoms with E-state index in [2.05, 4.69) is 0 Å². The number of benzene rings is 1. The molecule has 1 aromatic heterocycles. The molecule has 0 aliphatic heterocycles. The van der Waals surface area contributed by atoms with E-state index < -0.39 is 0 Å². The SMILES string of the molecule is C[n+]1ccc(C=O)c2ccccc21. The Morgan fingerprint density at radius 2 is 2.00 bits per heavy atom. The first-order valence-electron chi connectivity index (χ1n) is 4.15. The first-order valence-corrected chi connectivity index (χ1v) is 4.15. The number of nitrogens with zero attached hydrogens (tertiary/aromatic N) is 1. The van der Waals surface area contributed by atoms with E-state index in [-0.39, 0.29) is 0 Å². The van der Waals surface area contributed by atoms with Gasteiger partial charge in [0.1, 0.15) is 7.05 Å². The van der Waals surface area contributed by atoms with Gasteiger partial charge in [0, 0.05) is 17.7 Å². The van der Waals surface area contributed by atoms with E-state index in [0.29, 0.717) is 0 Å². The van der Waals surface area contributed by atoms with E-state index >= 15 is 0 Å². The van der Waals surface area contributed by atoms with Crippen LogP contribution in [0.25, 0.3) is 10.9 Å². The Labute approximate surface area is 76.4 Å². The third-order valence-corrected chi connectivity index (χ3v) is 2.20. The van der Waals surface area contributed by atoms with Crippen LogP contribution in [0.1, 0.15) is 10.4 Å². The first kappa shape index (κ1) is 7.92. The van der Waals surface area contributed by atoms with Gasteiger partial charge in [-0.05, 0) is 6.07 Å². The molecule has 64 valence electrons. The molecule has 0 aliphatic carbocycles. The normalized spacial score (nSPS) is 10.2. The summed E-state index contributed by atoms with van der Waals surface area (Å²) >= 11 is 0. The number of carbonyl (C=O) groups is 1. The summed E-state index contributed by atoms with van der Waals surface area (Å²) in [7, 11) is 1.97. The van der Waals surface area contributed by atoms with Crippen LogP contribution in [-0.2, 0) is 7.05 Å². The van der Waals surface area contributed by atoms with Gasteiger partial charge in [0.05, 0.1) is 5.39 Å². The third-order valence-electron chi connectivity index (χ3n) is 2.20. The molecule has 2 nitrogen and oxygen atoms in total. The van der Waals surface area contributed by atoms with E-state index in [4.69, 9.17) is 0 Å². The van der Waals surface area contributed by atoms with Gasteiger partial charge in [-0.1, -0.05) is 12.1 Å². The zero-order chi connectivity index (χ0) is 9.26. The zero-order valence-corrected chi connectivity index (χ0v) is 7.40. The van der Waals surface area contributed by atoms with Crippen molar-refractivity contribution in [2.75, 3.05) is 0 Å². The van der Waals surface area contributed by atoms with Gasteiger partial charge in [-0.25, -0.2) is 4.57 Å². The summed E-state index contributed by atoms with van der Waals surface area (Å²) in [4.78, 5) is 10.7. The van der Waals surface area contributed by atoms with Crippen LogP contribution in [0.15, 0.2) is 36.5 Å². The fraction of sp³-hybridized carbons (Fsp3) is 0.0909. The maximum Gasteiger partial charge on any atom is 0.212 e. The quantitative estimate of drug-likeness (QED) is 0.471. The van der Waals surface area contributed by atoms with Crippen molar-refractivity contribution >= 4 is 17.2 Å². The number of pyridine rings is 1. The number of aldehydes is 1. The van der Waals surface area contributed by atoms with Crippen LogP contribution in [0.5, 0.6) is 0 Å². The average Bonchev–Trinajstić information content (AvgIpc) is 2.19. The summed E-state index contributed by atoms with van der Waals surface area (Å²) in [6.07, 6.45) is 2.79. The predicted molar refractivity (Wildman–Crippen MR) is 50.5 cm³/mol. The fourth-order valence-electron chi connectivity index (χ4n) is 1.49. The van der Waals surface area contributed by atoms with E-state index in [1.807, 2.05) is 48.1 Å². The number of aryl methyl sites for hydroxylation is 1. The molecule has 1 aromatic carbocycles. The third kappa shape index (κ3) is 1.20. The average molecular weight is 172 g/mol. The molecule has 2 rings (SSSR count). The van der Waals surface area contributed by atoms with E-state index in [1.165, 1.54) is 0 Å². The first-order chi connectivity index (χ1) is 6.33. The Morgan fingerprint density at radius 1 is 1.23 bits per heavy atom. The molecular formula is C11H10NO+. The van der Waals surface area contributed by atoms with E-state index in [1.54, 1.807) is 0 Å². The van der Waals surface area contributed by atoms with Gasteiger partial charge in [0.15, 0.2) is 12.5 Å². The van der Waals surface area contributed by atoms with Crippen LogP contribution in [-0.4, -0.2) is 6.29 Å². The molecule has 0 aliphatic rings. The molecule has 13 heavy (non-hydrogen) atoms. The Balaban J connectivity index is 2.92. The van der Waals surface area contributed by atoms with Gasteiger partial charge in [-0.3, -0.25) is 4.79 Å². The molecule has 0 atom stereocenters. The molecule has 0 N–H and O–H groups in total. The van der Waals surface area contributed by atoms with Gasteiger partial charge in [0.25, 0.3) is 0 Å². The topological polar surface area (TPSA) is 20.9 Å². The highest BCUT2D eigenvalue weighted by molar-refractivity contribution is 5.94. The molecular weight excluding hydrogens is 162 g/mol. The van der Waals surface area contributed by atoms with Crippen molar-refractivity contribution in [2.45, 2.75) is 0 Å². The molecule has 0 spiro atoms. The minimum Gasteiger partial charge on any atom is -0.298 e. The molecule has 2 heteroatoms. The standard InChI is InChI=1S/C11H10NO/c1-12-7-6-9(8-13)10-4-2-3-5-11(10)12/h2-8H,1H3/q+1. The van der Waals surface area contributed by atoms with Gasteiger partial charge < -0.3 is 0 Å². The summed E-state index contributed by atoms with van der Waals surface area (Å²) in [6, 6.07) is 9.70. The van der Waals surface area contributed by atoms with Crippen molar-refractivity contribution in [1.82, 2.24) is 0 Å². The van der Waals surface area contributed by atoms with Crippen LogP contribution in [0, 0.1) is 0 Å². The molecule has 0 saturated carbocycles. The van der Waals surface area contributed by atoms with Gasteiger partial charge in [0.2, 0.25) is 5.52 Å². The molecule has 0 saturated heterocycles. The Morgan fingerprint density at radius 3 is 2.77 bits per heavy atom. The minimum atomic E-state index is 0.744. The maximum atomic E-state index is 10.7. The molecule has 0 bridgehead atoms. The van der Waals surface area contributed by atoms with Crippen LogP contribution < -0.4 is 4.57 Å². The highest BCUT2D eigenvalue weighted by Gasteiger charge is 2.06. The maximum absolute atomic E-state index is 10.7. The fourth-order valence-corrected chi connectivity index (χ4v) is 1.49. The number of para-hydroxylation sites is 1. The minimum absolute atomic E-state index is 0.744. The number of fused-ring (bicyclic) bond motifs is 1. The smallest absolute Gasteiger partial charge is 0.212 e. The van der Waals surface area contributed by atoms with Gasteiger partial charge in [-0.2, -0.15) is 0 Å². The summed E-state index contributed by atoms with van der Waals surface area (Å²) in [5.74, 6) is 0. The highest BCUT2D eigenvalue weighted by atomic mass is 16.1. The van der Waals surface area contributed by atoms with Gasteiger partial charge >= 0.3 is 0 Å². The lowest BCUT2D eigenvalue weighted by atomic mass is 10.1. The predicted octanol–water partition coefficient (Wildman–Crippen LogP) is 1.48. The largest absolute Gasteiger partial charge is 0.298 e. The number of aromatic nitrogens is 1. The van der Waals surface area contributed by atoms with Crippen LogP contribution >= 0.6 is 0 Å². The van der Waals surface area contributed by atoms with Crippen LogP contribution in [0.3, 0.4) is 0 Å². The molecule has 0 amide bonds. The Hall–Kier alpha value is -1.70. The number of hydrogen-bond donors (Lipinski definition) is 0. The van der Waals surface area contributed by atoms with Crippen molar-refractivity contribution < 1.29 is 9.36 Å². The monoisotopic (exact) mass is 172 g/mol. The molecule has 0 unspecified atom stereocenters. The zero-order valence-electron chi connectivity index (χ0n) is 7.40. The molecule has 0 radical (unpaired) electrons. The van der Waals surface area contributed by atoms with Crippen molar-refractivity contribution in [1.29, 1.82) is 0 Å². The Bertz CT molecular complexity index is 463. The van der Waals surface area contributed by atoms with E-state index in [9.17, 15) is 4.79 Å². The van der Waals surface area contributed by atoms with Crippen molar-refractivity contribution in [3.8, 4) is 0 Å². The second-order valence-electron chi connectivity index (χ2n) is 3.02. The lowest BCUT2D eigenvalue weighted by Crippen LogP contribution is -2.28. The lowest BCUT2D eigenvalue weighted by Gasteiger charge is -1.97. The number of hydrogen-bond acceptors (Lipinski definition) is 1. The molecule has 1 heterocycles. The summed E-state index contributed by atoms with van der Waals surface area (Å²) in [6.45, 7) is 0. The summed E-state index contributed by atoms with van der Waals surface area (Å²) in [5.41, 5.74) is 1.82. The molecule has 2 aromatic rings. The summed E-state index contributed by atoms with van der Waals surface area (Å²) < 4.78 is 2.00. The van der Waals surface area contributed by atoms with Crippen molar-refractivity contribution in [3.63, 3.8) is 0 Å². The second-order valence-corrected chi connectivity index (χ2v) is 3.02. The van der Waals surface area contributed by atoms with Crippen LogP contribution in [0.2, 0.25) is 0 Å². The highest BCUT2D eigenvalue weighted by Crippen LogP contribution is 2.12. The lowest BCUT2D eigenvalue weighted by molar-refractivity contribution is -0.644. The number of rotatable bonds is 1. The van der Waals surface area contributed by atoms with Crippen LogP contribution in [0.4, 0.5) is 0 Å². The van der Waals surface area contributed by atoms with Crippen molar-refractivity contribution in [3.05, 3.63) is 42.1 Å². The Kier molecular flexibility index (Phi) is 1.81. The van der Waals surface area contributed by atoms with E-state index in [0.717, 1.165) is 22.8 Å². The molecule has 0 fully saturated rings. The summed E-state index contributed by atoms with van der Waals surface area (Å²) in [5, 5.41) is 1.00. The second kappa shape index (κ2) is 2.98. The number of carbonyl (C=O) groups excluding carboxylic acids is 1.